The van der Waals surface area contributed by atoms with Crippen LogP contribution in [-0.4, -0.2) is 65.7 Å². The lowest BCUT2D eigenvalue weighted by atomic mass is 10.2. The predicted octanol–water partition coefficient (Wildman–Crippen LogP) is 3.43. The summed E-state index contributed by atoms with van der Waals surface area (Å²) in [6, 6.07) is 12.2. The van der Waals surface area contributed by atoms with E-state index in [1.165, 1.54) is 21.1 Å². The Balaban J connectivity index is 1.84. The van der Waals surface area contributed by atoms with Crippen molar-refractivity contribution in [3.05, 3.63) is 69.9 Å². The molecule has 1 amide bonds. The Bertz CT molecular complexity index is 1430. The van der Waals surface area contributed by atoms with E-state index in [-0.39, 0.29) is 54.6 Å². The normalized spacial score (nSPS) is 15.1. The van der Waals surface area contributed by atoms with Crippen LogP contribution in [0.4, 0.5) is 5.69 Å². The highest BCUT2D eigenvalue weighted by atomic mass is 32.2. The summed E-state index contributed by atoms with van der Waals surface area (Å²) in [5, 5.41) is 18.9. The number of hydrogen-bond donors (Lipinski definition) is 1. The first-order valence-corrected chi connectivity index (χ1v) is 13.6. The van der Waals surface area contributed by atoms with Crippen LogP contribution in [-0.2, 0) is 14.8 Å². The third-order valence-corrected chi connectivity index (χ3v) is 8.13. The van der Waals surface area contributed by atoms with Crippen molar-refractivity contribution in [1.82, 2.24) is 19.4 Å². The largest absolute Gasteiger partial charge is 0.437 e. The molecule has 0 bridgehead atoms. The highest BCUT2D eigenvalue weighted by molar-refractivity contribution is 7.89. The second kappa shape index (κ2) is 11.3. The lowest BCUT2D eigenvalue weighted by Crippen LogP contribution is -2.40. The molecular weight excluding hydrogens is 514 g/mol. The van der Waals surface area contributed by atoms with Crippen molar-refractivity contribution in [2.75, 3.05) is 26.3 Å². The van der Waals surface area contributed by atoms with E-state index in [1.807, 2.05) is 19.9 Å². The van der Waals surface area contributed by atoms with Crippen LogP contribution < -0.4 is 10.1 Å². The maximum absolute atomic E-state index is 13.6. The van der Waals surface area contributed by atoms with E-state index in [1.54, 1.807) is 31.2 Å². The number of amides is 1. The lowest BCUT2D eigenvalue weighted by Gasteiger charge is -2.26. The zero-order valence-electron chi connectivity index (χ0n) is 21.3. The highest BCUT2D eigenvalue weighted by Gasteiger charge is 2.32. The van der Waals surface area contributed by atoms with Crippen molar-refractivity contribution < 1.29 is 27.6 Å². The summed E-state index contributed by atoms with van der Waals surface area (Å²) in [5.41, 5.74) is 0.671. The molecule has 0 unspecified atom stereocenters. The first-order valence-electron chi connectivity index (χ1n) is 12.1. The molecule has 4 rings (SSSR count). The number of benzene rings is 2. The Kier molecular flexibility index (Phi) is 8.09. The number of para-hydroxylation sites is 1. The van der Waals surface area contributed by atoms with Crippen LogP contribution in [0.15, 0.2) is 53.4 Å². The van der Waals surface area contributed by atoms with Gasteiger partial charge in [-0.15, -0.1) is 0 Å². The molecule has 0 spiro atoms. The average Bonchev–Trinajstić information content (AvgIpc) is 3.25. The molecule has 38 heavy (non-hydrogen) atoms. The predicted molar refractivity (Wildman–Crippen MR) is 138 cm³/mol. The SMILES string of the molecule is CC[C@H](C)NC(=O)c1nn(-c2ccccc2)c(Oc2ccc([N+](=O)[O-])cc2S(=O)(=O)N2CCOCC2)c1C. The van der Waals surface area contributed by atoms with Gasteiger partial charge < -0.3 is 14.8 Å². The molecule has 1 saturated heterocycles. The molecular formula is C25H29N5O7S. The third kappa shape index (κ3) is 5.54. The van der Waals surface area contributed by atoms with Gasteiger partial charge in [0.15, 0.2) is 5.69 Å². The molecule has 202 valence electrons. The van der Waals surface area contributed by atoms with Gasteiger partial charge in [0.2, 0.25) is 15.9 Å². The maximum Gasteiger partial charge on any atom is 0.272 e. The topological polar surface area (TPSA) is 146 Å². The summed E-state index contributed by atoms with van der Waals surface area (Å²) in [4.78, 5) is 23.5. The molecule has 1 atom stereocenters. The number of nitrogens with one attached hydrogen (secondary N) is 1. The molecule has 3 aromatic rings. The number of nitro benzene ring substituents is 1. The maximum atomic E-state index is 13.6. The van der Waals surface area contributed by atoms with E-state index >= 15 is 0 Å². The lowest BCUT2D eigenvalue weighted by molar-refractivity contribution is -0.385. The van der Waals surface area contributed by atoms with Gasteiger partial charge in [0, 0.05) is 36.8 Å². The van der Waals surface area contributed by atoms with E-state index in [2.05, 4.69) is 10.4 Å². The zero-order chi connectivity index (χ0) is 27.4. The van der Waals surface area contributed by atoms with Crippen LogP contribution in [0, 0.1) is 17.0 Å². The number of morpholine rings is 1. The molecule has 0 saturated carbocycles. The van der Waals surface area contributed by atoms with Crippen LogP contribution in [0.5, 0.6) is 11.6 Å². The Labute approximate surface area is 220 Å². The Morgan fingerprint density at radius 1 is 1.21 bits per heavy atom. The van der Waals surface area contributed by atoms with Gasteiger partial charge in [-0.3, -0.25) is 14.9 Å². The Hall–Kier alpha value is -3.81. The number of carbonyl (C=O) groups is 1. The first-order chi connectivity index (χ1) is 18.1. The monoisotopic (exact) mass is 543 g/mol. The Morgan fingerprint density at radius 3 is 2.53 bits per heavy atom. The van der Waals surface area contributed by atoms with E-state index in [9.17, 15) is 23.3 Å². The second-order valence-electron chi connectivity index (χ2n) is 8.82. The molecule has 1 aliphatic rings. The van der Waals surface area contributed by atoms with Crippen molar-refractivity contribution in [2.24, 2.45) is 0 Å². The van der Waals surface area contributed by atoms with Gasteiger partial charge in [-0.05, 0) is 38.5 Å². The van der Waals surface area contributed by atoms with Gasteiger partial charge in [-0.2, -0.15) is 14.1 Å². The molecule has 0 aliphatic carbocycles. The fourth-order valence-electron chi connectivity index (χ4n) is 3.88. The molecule has 1 aliphatic heterocycles. The fourth-order valence-corrected chi connectivity index (χ4v) is 5.42. The van der Waals surface area contributed by atoms with Crippen LogP contribution >= 0.6 is 0 Å². The van der Waals surface area contributed by atoms with Gasteiger partial charge in [-0.25, -0.2) is 8.42 Å². The van der Waals surface area contributed by atoms with Crippen molar-refractivity contribution in [2.45, 2.75) is 38.1 Å². The molecule has 12 nitrogen and oxygen atoms in total. The standard InChI is InChI=1S/C25H29N5O7S/c1-4-17(2)26-24(31)23-18(3)25(29(27-23)19-8-6-5-7-9-19)37-21-11-10-20(30(32)33)16-22(21)38(34,35)28-12-14-36-15-13-28/h5-11,16-17H,4,12-15H2,1-3H3,(H,26,31)/t17-/m0/s1. The van der Waals surface area contributed by atoms with E-state index in [4.69, 9.17) is 9.47 Å². The molecule has 1 fully saturated rings. The minimum absolute atomic E-state index is 0.0897. The minimum atomic E-state index is -4.17. The number of carbonyl (C=O) groups excluding carboxylic acids is 1. The van der Waals surface area contributed by atoms with Gasteiger partial charge in [0.25, 0.3) is 11.6 Å². The van der Waals surface area contributed by atoms with E-state index in [0.717, 1.165) is 12.5 Å². The summed E-state index contributed by atoms with van der Waals surface area (Å²) in [7, 11) is -4.17. The second-order valence-corrected chi connectivity index (χ2v) is 10.7. The summed E-state index contributed by atoms with van der Waals surface area (Å²) in [6.45, 7) is 6.09. The van der Waals surface area contributed by atoms with Crippen molar-refractivity contribution >= 4 is 21.6 Å². The minimum Gasteiger partial charge on any atom is -0.437 e. The number of non-ortho nitro benzene ring substituents is 1. The summed E-state index contributed by atoms with van der Waals surface area (Å²) in [5.74, 6) is -0.421. The molecule has 1 N–H and O–H groups in total. The summed E-state index contributed by atoms with van der Waals surface area (Å²) >= 11 is 0. The number of ether oxygens (including phenoxy) is 2. The van der Waals surface area contributed by atoms with Crippen LogP contribution in [0.25, 0.3) is 5.69 Å². The van der Waals surface area contributed by atoms with Crippen LogP contribution in [0.1, 0.15) is 36.3 Å². The number of rotatable bonds is 9. The third-order valence-electron chi connectivity index (χ3n) is 6.21. The number of hydrogen-bond acceptors (Lipinski definition) is 8. The quantitative estimate of drug-likeness (QED) is 0.319. The van der Waals surface area contributed by atoms with E-state index < -0.39 is 26.5 Å². The van der Waals surface area contributed by atoms with Crippen LogP contribution in [0.3, 0.4) is 0 Å². The van der Waals surface area contributed by atoms with Gasteiger partial charge in [0.1, 0.15) is 10.6 Å². The zero-order valence-corrected chi connectivity index (χ0v) is 22.1. The van der Waals surface area contributed by atoms with Crippen molar-refractivity contribution in [3.8, 4) is 17.3 Å². The fraction of sp³-hybridized carbons (Fsp3) is 0.360. The Morgan fingerprint density at radius 2 is 1.89 bits per heavy atom. The molecule has 2 aromatic carbocycles. The number of aromatic nitrogens is 2. The smallest absolute Gasteiger partial charge is 0.272 e. The van der Waals surface area contributed by atoms with Gasteiger partial charge >= 0.3 is 0 Å². The molecule has 2 heterocycles. The van der Waals surface area contributed by atoms with Crippen LogP contribution in [0.2, 0.25) is 0 Å². The number of sulfonamides is 1. The average molecular weight is 544 g/mol. The number of nitro groups is 1. The first kappa shape index (κ1) is 27.2. The van der Waals surface area contributed by atoms with E-state index in [0.29, 0.717) is 11.3 Å². The van der Waals surface area contributed by atoms with Gasteiger partial charge in [0.05, 0.1) is 23.8 Å². The van der Waals surface area contributed by atoms with Crippen molar-refractivity contribution in [1.29, 1.82) is 0 Å². The summed E-state index contributed by atoms with van der Waals surface area (Å²) < 4.78 is 41.2. The number of nitrogens with zero attached hydrogens (tertiary/aromatic N) is 4. The molecule has 1 aromatic heterocycles. The summed E-state index contributed by atoms with van der Waals surface area (Å²) in [6.07, 6.45) is 0.721. The highest BCUT2D eigenvalue weighted by Crippen LogP contribution is 2.37. The van der Waals surface area contributed by atoms with Crippen molar-refractivity contribution in [3.63, 3.8) is 0 Å². The van der Waals surface area contributed by atoms with Gasteiger partial charge in [-0.1, -0.05) is 25.1 Å². The molecule has 13 heteroatoms. The molecule has 0 radical (unpaired) electrons.